The van der Waals surface area contributed by atoms with Crippen molar-refractivity contribution in [1.29, 1.82) is 0 Å². The van der Waals surface area contributed by atoms with E-state index in [9.17, 15) is 9.59 Å². The molecule has 1 rings (SSSR count). The van der Waals surface area contributed by atoms with Gasteiger partial charge in [0.2, 0.25) is 0 Å². The quantitative estimate of drug-likeness (QED) is 0.638. The van der Waals surface area contributed by atoms with Gasteiger partial charge in [-0.05, 0) is 19.1 Å². The highest BCUT2D eigenvalue weighted by Gasteiger charge is 2.40. The standard InChI is InChI=1S/C10H14O5/c1-10(6-8(12)13-2)7(11)4-5-9(14-3)15-10/h4-5,9H,6H2,1-3H3/t9-,10+/m1/s1. The highest BCUT2D eigenvalue weighted by Crippen LogP contribution is 2.25. The van der Waals surface area contributed by atoms with Crippen LogP contribution in [0.15, 0.2) is 12.2 Å². The van der Waals surface area contributed by atoms with Gasteiger partial charge in [-0.1, -0.05) is 0 Å². The molecule has 0 aromatic rings. The van der Waals surface area contributed by atoms with Crippen LogP contribution in [0, 0.1) is 0 Å². The monoisotopic (exact) mass is 214 g/mol. The molecule has 2 atom stereocenters. The molecule has 15 heavy (non-hydrogen) atoms. The second-order valence-electron chi connectivity index (χ2n) is 3.43. The fraction of sp³-hybridized carbons (Fsp3) is 0.600. The van der Waals surface area contributed by atoms with Crippen LogP contribution in [0.5, 0.6) is 0 Å². The van der Waals surface area contributed by atoms with E-state index in [1.165, 1.54) is 26.4 Å². The predicted octanol–water partition coefficient (Wildman–Crippen LogP) is 0.436. The van der Waals surface area contributed by atoms with E-state index in [1.807, 2.05) is 0 Å². The van der Waals surface area contributed by atoms with E-state index >= 15 is 0 Å². The Balaban J connectivity index is 2.78. The van der Waals surface area contributed by atoms with Crippen molar-refractivity contribution in [1.82, 2.24) is 0 Å². The summed E-state index contributed by atoms with van der Waals surface area (Å²) in [4.78, 5) is 22.7. The van der Waals surface area contributed by atoms with E-state index in [4.69, 9.17) is 9.47 Å². The van der Waals surface area contributed by atoms with Crippen molar-refractivity contribution in [2.75, 3.05) is 14.2 Å². The van der Waals surface area contributed by atoms with Crippen molar-refractivity contribution < 1.29 is 23.8 Å². The largest absolute Gasteiger partial charge is 0.469 e. The lowest BCUT2D eigenvalue weighted by molar-refractivity contribution is -0.189. The number of hydrogen-bond acceptors (Lipinski definition) is 5. The van der Waals surface area contributed by atoms with Crippen LogP contribution < -0.4 is 0 Å². The molecule has 84 valence electrons. The zero-order chi connectivity index (χ0) is 11.5. The lowest BCUT2D eigenvalue weighted by atomic mass is 9.94. The molecule has 0 aromatic heterocycles. The molecule has 0 saturated heterocycles. The van der Waals surface area contributed by atoms with Gasteiger partial charge in [0.05, 0.1) is 13.5 Å². The maximum Gasteiger partial charge on any atom is 0.308 e. The summed E-state index contributed by atoms with van der Waals surface area (Å²) in [5, 5.41) is 0. The SMILES string of the molecule is COC(=O)C[C@]1(C)O[C@@H](OC)C=CC1=O. The van der Waals surface area contributed by atoms with Gasteiger partial charge in [-0.15, -0.1) is 0 Å². The van der Waals surface area contributed by atoms with Crippen LogP contribution >= 0.6 is 0 Å². The first-order chi connectivity index (χ1) is 7.01. The Bertz CT molecular complexity index is 296. The molecule has 0 bridgehead atoms. The Hall–Kier alpha value is -1.20. The zero-order valence-corrected chi connectivity index (χ0v) is 8.98. The van der Waals surface area contributed by atoms with Crippen LogP contribution in [0.2, 0.25) is 0 Å². The second-order valence-corrected chi connectivity index (χ2v) is 3.43. The Morgan fingerprint density at radius 1 is 1.60 bits per heavy atom. The highest BCUT2D eigenvalue weighted by molar-refractivity contribution is 5.99. The average molecular weight is 214 g/mol. The van der Waals surface area contributed by atoms with Gasteiger partial charge in [-0.25, -0.2) is 0 Å². The van der Waals surface area contributed by atoms with Crippen molar-refractivity contribution in [3.05, 3.63) is 12.2 Å². The molecular formula is C10H14O5. The molecule has 0 aromatic carbocycles. The Kier molecular flexibility index (Phi) is 3.60. The summed E-state index contributed by atoms with van der Waals surface area (Å²) in [7, 11) is 2.73. The first kappa shape index (κ1) is 11.9. The lowest BCUT2D eigenvalue weighted by Gasteiger charge is -2.32. The second kappa shape index (κ2) is 4.55. The van der Waals surface area contributed by atoms with Gasteiger partial charge >= 0.3 is 5.97 Å². The molecule has 1 aliphatic heterocycles. The van der Waals surface area contributed by atoms with E-state index in [2.05, 4.69) is 4.74 Å². The van der Waals surface area contributed by atoms with Crippen LogP contribution in [0.3, 0.4) is 0 Å². The maximum absolute atomic E-state index is 11.6. The van der Waals surface area contributed by atoms with Crippen LogP contribution in [0.1, 0.15) is 13.3 Å². The minimum atomic E-state index is -1.19. The molecule has 0 saturated carbocycles. The molecule has 0 unspecified atom stereocenters. The molecular weight excluding hydrogens is 200 g/mol. The molecule has 0 radical (unpaired) electrons. The number of esters is 1. The van der Waals surface area contributed by atoms with Crippen LogP contribution in [-0.2, 0) is 23.8 Å². The number of rotatable bonds is 3. The van der Waals surface area contributed by atoms with E-state index < -0.39 is 17.9 Å². The van der Waals surface area contributed by atoms with Gasteiger partial charge < -0.3 is 14.2 Å². The summed E-state index contributed by atoms with van der Waals surface area (Å²) < 4.78 is 14.8. The fourth-order valence-corrected chi connectivity index (χ4v) is 1.30. The molecule has 5 heteroatoms. The van der Waals surface area contributed by atoms with Crippen LogP contribution in [-0.4, -0.2) is 37.9 Å². The summed E-state index contributed by atoms with van der Waals surface area (Å²) in [5.74, 6) is -0.753. The minimum Gasteiger partial charge on any atom is -0.469 e. The lowest BCUT2D eigenvalue weighted by Crippen LogP contribution is -2.45. The Morgan fingerprint density at radius 3 is 2.80 bits per heavy atom. The molecule has 0 spiro atoms. The normalized spacial score (nSPS) is 30.3. The van der Waals surface area contributed by atoms with Crippen molar-refractivity contribution >= 4 is 11.8 Å². The van der Waals surface area contributed by atoms with Crippen molar-refractivity contribution in [3.63, 3.8) is 0 Å². The summed E-state index contributed by atoms with van der Waals surface area (Å²) in [6, 6.07) is 0. The number of hydrogen-bond donors (Lipinski definition) is 0. The number of carbonyl (C=O) groups is 2. The zero-order valence-electron chi connectivity index (χ0n) is 8.98. The van der Waals surface area contributed by atoms with Gasteiger partial charge in [0.15, 0.2) is 12.1 Å². The van der Waals surface area contributed by atoms with Crippen molar-refractivity contribution in [2.45, 2.75) is 25.2 Å². The smallest absolute Gasteiger partial charge is 0.308 e. The highest BCUT2D eigenvalue weighted by atomic mass is 16.7. The number of ketones is 1. The fourth-order valence-electron chi connectivity index (χ4n) is 1.30. The summed E-state index contributed by atoms with van der Waals surface area (Å²) >= 11 is 0. The number of ether oxygens (including phenoxy) is 3. The average Bonchev–Trinajstić information content (AvgIpc) is 2.22. The first-order valence-electron chi connectivity index (χ1n) is 4.52. The minimum absolute atomic E-state index is 0.119. The Labute approximate surface area is 88.0 Å². The summed E-state index contributed by atoms with van der Waals surface area (Å²) in [6.07, 6.45) is 2.14. The molecule has 1 aliphatic rings. The van der Waals surface area contributed by atoms with Gasteiger partial charge in [-0.2, -0.15) is 0 Å². The third-order valence-electron chi connectivity index (χ3n) is 2.24. The molecule has 0 fully saturated rings. The predicted molar refractivity (Wildman–Crippen MR) is 51.1 cm³/mol. The molecule has 0 N–H and O–H groups in total. The molecule has 1 heterocycles. The van der Waals surface area contributed by atoms with Gasteiger partial charge in [-0.3, -0.25) is 9.59 Å². The van der Waals surface area contributed by atoms with Gasteiger partial charge in [0.25, 0.3) is 0 Å². The summed E-state index contributed by atoms with van der Waals surface area (Å²) in [6.45, 7) is 1.54. The van der Waals surface area contributed by atoms with E-state index in [1.54, 1.807) is 6.92 Å². The molecule has 5 nitrogen and oxygen atoms in total. The Morgan fingerprint density at radius 2 is 2.27 bits per heavy atom. The maximum atomic E-state index is 11.6. The first-order valence-corrected chi connectivity index (χ1v) is 4.52. The van der Waals surface area contributed by atoms with E-state index in [0.717, 1.165) is 0 Å². The van der Waals surface area contributed by atoms with Gasteiger partial charge in [0.1, 0.15) is 5.60 Å². The number of carbonyl (C=O) groups excluding carboxylic acids is 2. The van der Waals surface area contributed by atoms with Crippen molar-refractivity contribution in [3.8, 4) is 0 Å². The van der Waals surface area contributed by atoms with Gasteiger partial charge in [0, 0.05) is 7.11 Å². The molecule has 0 aliphatic carbocycles. The van der Waals surface area contributed by atoms with E-state index in [-0.39, 0.29) is 12.2 Å². The van der Waals surface area contributed by atoms with Crippen LogP contribution in [0.4, 0.5) is 0 Å². The third-order valence-corrected chi connectivity index (χ3v) is 2.24. The van der Waals surface area contributed by atoms with E-state index in [0.29, 0.717) is 0 Å². The molecule has 0 amide bonds. The van der Waals surface area contributed by atoms with Crippen LogP contribution in [0.25, 0.3) is 0 Å². The third kappa shape index (κ3) is 2.64. The number of methoxy groups -OCH3 is 2. The topological polar surface area (TPSA) is 61.8 Å². The summed E-state index contributed by atoms with van der Waals surface area (Å²) in [5.41, 5.74) is -1.19. The van der Waals surface area contributed by atoms with Crippen molar-refractivity contribution in [2.24, 2.45) is 0 Å².